The minimum Gasteiger partial charge on any atom is -0.598 e. The molecule has 0 heterocycles. The van der Waals surface area contributed by atoms with Crippen molar-refractivity contribution in [3.05, 3.63) is 35.4 Å². The molecule has 24 heavy (non-hydrogen) atoms. The highest BCUT2D eigenvalue weighted by atomic mass is 32.2. The van der Waals surface area contributed by atoms with E-state index in [-0.39, 0.29) is 12.0 Å². The molecular formula is C16H22F3NO3S. The highest BCUT2D eigenvalue weighted by Gasteiger charge is 2.40. The molecule has 0 aliphatic heterocycles. The SMILES string of the molecule is COC(=O)CC(C)(N[S+]([O-])C(C)(C)C)c1cccc(C(F)(F)F)c1. The number of methoxy groups -OCH3 is 1. The van der Waals surface area contributed by atoms with Gasteiger partial charge in [0.05, 0.1) is 24.6 Å². The van der Waals surface area contributed by atoms with Crippen molar-refractivity contribution < 1.29 is 27.3 Å². The molecule has 0 bridgehead atoms. The lowest BCUT2D eigenvalue weighted by Gasteiger charge is -2.34. The van der Waals surface area contributed by atoms with E-state index in [1.54, 1.807) is 20.8 Å². The molecule has 2 atom stereocenters. The third-order valence-electron chi connectivity index (χ3n) is 3.43. The summed E-state index contributed by atoms with van der Waals surface area (Å²) in [6, 6.07) is 4.62. The van der Waals surface area contributed by atoms with Crippen molar-refractivity contribution in [1.82, 2.24) is 4.72 Å². The first-order chi connectivity index (χ1) is 10.8. The summed E-state index contributed by atoms with van der Waals surface area (Å²) in [6.07, 6.45) is -4.77. The van der Waals surface area contributed by atoms with Crippen LogP contribution in [0.5, 0.6) is 0 Å². The molecule has 136 valence electrons. The van der Waals surface area contributed by atoms with Gasteiger partial charge >= 0.3 is 12.1 Å². The first-order valence-electron chi connectivity index (χ1n) is 7.24. The van der Waals surface area contributed by atoms with E-state index in [4.69, 9.17) is 0 Å². The number of nitrogens with one attached hydrogen (secondary N) is 1. The van der Waals surface area contributed by atoms with Gasteiger partial charge in [0.2, 0.25) is 0 Å². The second-order valence-corrected chi connectivity index (χ2v) is 8.61. The van der Waals surface area contributed by atoms with Gasteiger partial charge in [-0.15, -0.1) is 4.72 Å². The molecule has 1 aromatic carbocycles. The molecule has 0 aliphatic rings. The van der Waals surface area contributed by atoms with Gasteiger partial charge in [0, 0.05) is 11.4 Å². The zero-order chi connectivity index (χ0) is 18.8. The Bertz CT molecular complexity index is 587. The van der Waals surface area contributed by atoms with Crippen LogP contribution in [0.3, 0.4) is 0 Å². The van der Waals surface area contributed by atoms with Crippen LogP contribution in [0, 0.1) is 0 Å². The van der Waals surface area contributed by atoms with E-state index in [1.165, 1.54) is 26.2 Å². The number of hydrogen-bond donors (Lipinski definition) is 1. The molecule has 0 saturated heterocycles. The minimum atomic E-state index is -4.51. The van der Waals surface area contributed by atoms with Crippen molar-refractivity contribution in [3.8, 4) is 0 Å². The van der Waals surface area contributed by atoms with E-state index >= 15 is 0 Å². The monoisotopic (exact) mass is 365 g/mol. The summed E-state index contributed by atoms with van der Waals surface area (Å²) in [5, 5.41) is 0. The number of alkyl halides is 3. The lowest BCUT2D eigenvalue weighted by molar-refractivity contribution is -0.142. The van der Waals surface area contributed by atoms with Crippen LogP contribution in [-0.2, 0) is 32.6 Å². The highest BCUT2D eigenvalue weighted by Crippen LogP contribution is 2.34. The molecule has 0 saturated carbocycles. The second-order valence-electron chi connectivity index (χ2n) is 6.65. The average molecular weight is 365 g/mol. The number of hydrogen-bond acceptors (Lipinski definition) is 4. The Morgan fingerprint density at radius 1 is 1.21 bits per heavy atom. The predicted octanol–water partition coefficient (Wildman–Crippen LogP) is 3.54. The molecule has 8 heteroatoms. The van der Waals surface area contributed by atoms with Gasteiger partial charge in [-0.25, -0.2) is 0 Å². The van der Waals surface area contributed by atoms with Gasteiger partial charge < -0.3 is 9.29 Å². The smallest absolute Gasteiger partial charge is 0.416 e. The maximum atomic E-state index is 13.0. The Balaban J connectivity index is 3.30. The van der Waals surface area contributed by atoms with E-state index in [0.29, 0.717) is 0 Å². The zero-order valence-corrected chi connectivity index (χ0v) is 15.1. The largest absolute Gasteiger partial charge is 0.598 e. The maximum Gasteiger partial charge on any atom is 0.416 e. The highest BCUT2D eigenvalue weighted by molar-refractivity contribution is 7.90. The molecule has 1 N–H and O–H groups in total. The molecule has 1 aromatic rings. The van der Waals surface area contributed by atoms with Gasteiger partial charge in [-0.3, -0.25) is 4.79 Å². The van der Waals surface area contributed by atoms with E-state index in [9.17, 15) is 22.5 Å². The topological polar surface area (TPSA) is 61.4 Å². The van der Waals surface area contributed by atoms with Crippen LogP contribution in [-0.4, -0.2) is 22.4 Å². The average Bonchev–Trinajstić information content (AvgIpc) is 2.45. The Morgan fingerprint density at radius 3 is 2.21 bits per heavy atom. The van der Waals surface area contributed by atoms with Gasteiger partial charge in [-0.1, -0.05) is 12.1 Å². The van der Waals surface area contributed by atoms with Crippen molar-refractivity contribution in [2.24, 2.45) is 0 Å². The second kappa shape index (κ2) is 7.33. The number of benzene rings is 1. The minimum absolute atomic E-state index is 0.209. The fraction of sp³-hybridized carbons (Fsp3) is 0.562. The lowest BCUT2D eigenvalue weighted by Crippen LogP contribution is -2.51. The van der Waals surface area contributed by atoms with Crippen LogP contribution in [0.2, 0.25) is 0 Å². The number of ether oxygens (including phenoxy) is 1. The number of rotatable bonds is 5. The zero-order valence-electron chi connectivity index (χ0n) is 14.3. The molecule has 0 fully saturated rings. The fourth-order valence-corrected chi connectivity index (χ4v) is 2.86. The van der Waals surface area contributed by atoms with Crippen LogP contribution in [0.1, 0.15) is 45.2 Å². The summed E-state index contributed by atoms with van der Waals surface area (Å²) in [4.78, 5) is 11.7. The molecule has 0 aliphatic carbocycles. The van der Waals surface area contributed by atoms with Crippen LogP contribution < -0.4 is 4.72 Å². The van der Waals surface area contributed by atoms with Gasteiger partial charge in [-0.2, -0.15) is 13.2 Å². The third kappa shape index (κ3) is 5.39. The first kappa shape index (κ1) is 20.8. The Kier molecular flexibility index (Phi) is 6.35. The van der Waals surface area contributed by atoms with E-state index in [0.717, 1.165) is 12.1 Å². The number of esters is 1. The van der Waals surface area contributed by atoms with Crippen molar-refractivity contribution in [1.29, 1.82) is 0 Å². The van der Waals surface area contributed by atoms with Crippen molar-refractivity contribution in [3.63, 3.8) is 0 Å². The summed E-state index contributed by atoms with van der Waals surface area (Å²) in [5.74, 6) is -0.617. The number of halogens is 3. The molecule has 0 radical (unpaired) electrons. The van der Waals surface area contributed by atoms with Gasteiger partial charge in [0.15, 0.2) is 0 Å². The molecule has 0 amide bonds. The molecule has 0 spiro atoms. The third-order valence-corrected chi connectivity index (χ3v) is 5.18. The predicted molar refractivity (Wildman–Crippen MR) is 86.5 cm³/mol. The quantitative estimate of drug-likeness (QED) is 0.640. The maximum absolute atomic E-state index is 13.0. The first-order valence-corrected chi connectivity index (χ1v) is 8.39. The van der Waals surface area contributed by atoms with Crippen molar-refractivity contribution in [2.45, 2.75) is 50.6 Å². The number of carbonyl (C=O) groups excluding carboxylic acids is 1. The van der Waals surface area contributed by atoms with E-state index in [1.807, 2.05) is 0 Å². The molecule has 0 aromatic heterocycles. The lowest BCUT2D eigenvalue weighted by atomic mass is 9.88. The van der Waals surface area contributed by atoms with Gasteiger partial charge in [0.25, 0.3) is 0 Å². The summed E-state index contributed by atoms with van der Waals surface area (Å²) in [5.41, 5.74) is -1.90. The molecule has 4 nitrogen and oxygen atoms in total. The molecule has 1 rings (SSSR count). The molecule has 2 unspecified atom stereocenters. The van der Waals surface area contributed by atoms with Crippen molar-refractivity contribution >= 4 is 17.3 Å². The fourth-order valence-electron chi connectivity index (χ4n) is 1.95. The summed E-state index contributed by atoms with van der Waals surface area (Å²) < 4.78 is 58.1. The van der Waals surface area contributed by atoms with E-state index < -0.39 is 39.4 Å². The van der Waals surface area contributed by atoms with Crippen LogP contribution >= 0.6 is 0 Å². The van der Waals surface area contributed by atoms with Crippen molar-refractivity contribution in [2.75, 3.05) is 7.11 Å². The van der Waals surface area contributed by atoms with Crippen LogP contribution in [0.4, 0.5) is 13.2 Å². The van der Waals surface area contributed by atoms with Crippen LogP contribution in [0.15, 0.2) is 24.3 Å². The molecular weight excluding hydrogens is 343 g/mol. The summed E-state index contributed by atoms with van der Waals surface area (Å²) in [7, 11) is 1.19. The standard InChI is InChI=1S/C16H22F3NO3S/c1-14(2,3)24(22)20-15(4,10-13(21)23-5)11-7-6-8-12(9-11)16(17,18)19/h6-9,20H,10H2,1-5H3. The Hall–Kier alpha value is -1.25. The Labute approximate surface area is 143 Å². The van der Waals surface area contributed by atoms with E-state index in [2.05, 4.69) is 9.46 Å². The summed E-state index contributed by atoms with van der Waals surface area (Å²) >= 11 is -1.59. The number of carbonyl (C=O) groups is 1. The van der Waals surface area contributed by atoms with Gasteiger partial charge in [0.1, 0.15) is 4.75 Å². The Morgan fingerprint density at radius 2 is 1.75 bits per heavy atom. The summed E-state index contributed by atoms with van der Waals surface area (Å²) in [6.45, 7) is 6.70. The van der Waals surface area contributed by atoms with Gasteiger partial charge in [-0.05, 0) is 45.4 Å². The normalized spacial score (nSPS) is 16.4. The van der Waals surface area contributed by atoms with Crippen LogP contribution in [0.25, 0.3) is 0 Å².